The number of halogens is 1. The Bertz CT molecular complexity index is 951. The Morgan fingerprint density at radius 3 is 3.07 bits per heavy atom. The number of allylic oxidation sites excluding steroid dienone is 2. The van der Waals surface area contributed by atoms with Crippen LogP contribution in [0.3, 0.4) is 0 Å². The fraction of sp³-hybridized carbons (Fsp3) is 0.368. The minimum absolute atomic E-state index is 0.0623. The number of anilines is 2. The number of amides is 1. The first kappa shape index (κ1) is 20.7. The van der Waals surface area contributed by atoms with E-state index in [1.165, 1.54) is 6.08 Å². The molecule has 0 spiro atoms. The Labute approximate surface area is 174 Å². The summed E-state index contributed by atoms with van der Waals surface area (Å²) in [5.41, 5.74) is 4.25. The number of nitrogens with zero attached hydrogens (tertiary/aromatic N) is 4. The number of hydrazone groups is 1. The summed E-state index contributed by atoms with van der Waals surface area (Å²) >= 11 is 6.34. The number of aromatic nitrogens is 3. The van der Waals surface area contributed by atoms with Crippen LogP contribution in [0.4, 0.5) is 11.8 Å². The quantitative estimate of drug-likeness (QED) is 0.299. The molecule has 1 aliphatic heterocycles. The summed E-state index contributed by atoms with van der Waals surface area (Å²) < 4.78 is 0. The van der Waals surface area contributed by atoms with Crippen molar-refractivity contribution in [3.05, 3.63) is 35.6 Å². The zero-order valence-electron chi connectivity index (χ0n) is 16.5. The first-order chi connectivity index (χ1) is 14.0. The Morgan fingerprint density at radius 1 is 1.52 bits per heavy atom. The van der Waals surface area contributed by atoms with Crippen LogP contribution in [0.15, 0.2) is 35.7 Å². The SMILES string of the molecule is C=CC(=O)N1CC[C@@H](Nc2nc(NC(/C=N\NCC)=C/C)nc3[nH]cc(Cl)c23)C1. The monoisotopic (exact) mass is 416 g/mol. The fourth-order valence-electron chi connectivity index (χ4n) is 3.07. The molecule has 10 heteroatoms. The predicted octanol–water partition coefficient (Wildman–Crippen LogP) is 2.72. The molecule has 3 rings (SSSR count). The molecule has 1 aliphatic rings. The van der Waals surface area contributed by atoms with E-state index in [0.29, 0.717) is 40.9 Å². The van der Waals surface area contributed by atoms with Gasteiger partial charge in [-0.05, 0) is 26.3 Å². The average Bonchev–Trinajstić information content (AvgIpc) is 3.33. The Hall–Kier alpha value is -3.07. The maximum absolute atomic E-state index is 11.8. The number of aromatic amines is 1. The zero-order valence-corrected chi connectivity index (χ0v) is 17.3. The second-order valence-electron chi connectivity index (χ2n) is 6.51. The lowest BCUT2D eigenvalue weighted by molar-refractivity contribution is -0.125. The van der Waals surface area contributed by atoms with Gasteiger partial charge in [0.25, 0.3) is 0 Å². The summed E-state index contributed by atoms with van der Waals surface area (Å²) in [7, 11) is 0. The van der Waals surface area contributed by atoms with Crippen molar-refractivity contribution in [3.63, 3.8) is 0 Å². The van der Waals surface area contributed by atoms with Crippen LogP contribution in [-0.4, -0.2) is 57.6 Å². The molecule has 1 amide bonds. The first-order valence-corrected chi connectivity index (χ1v) is 9.85. The van der Waals surface area contributed by atoms with E-state index in [-0.39, 0.29) is 11.9 Å². The van der Waals surface area contributed by atoms with Crippen molar-refractivity contribution >= 4 is 46.5 Å². The van der Waals surface area contributed by atoms with Crippen LogP contribution in [0.2, 0.25) is 5.02 Å². The highest BCUT2D eigenvalue weighted by atomic mass is 35.5. The van der Waals surface area contributed by atoms with E-state index in [1.54, 1.807) is 17.3 Å². The highest BCUT2D eigenvalue weighted by Crippen LogP contribution is 2.30. The largest absolute Gasteiger partial charge is 0.365 e. The van der Waals surface area contributed by atoms with Crippen LogP contribution in [-0.2, 0) is 4.79 Å². The van der Waals surface area contributed by atoms with Gasteiger partial charge in [-0.25, -0.2) is 0 Å². The van der Waals surface area contributed by atoms with Crippen LogP contribution in [0.5, 0.6) is 0 Å². The van der Waals surface area contributed by atoms with E-state index >= 15 is 0 Å². The van der Waals surface area contributed by atoms with E-state index in [2.05, 4.69) is 42.7 Å². The van der Waals surface area contributed by atoms with Crippen molar-refractivity contribution in [2.75, 3.05) is 30.3 Å². The third-order valence-corrected chi connectivity index (χ3v) is 4.82. The van der Waals surface area contributed by atoms with Crippen LogP contribution < -0.4 is 16.1 Å². The number of fused-ring (bicyclic) bond motifs is 1. The maximum Gasteiger partial charge on any atom is 0.246 e. The minimum Gasteiger partial charge on any atom is -0.365 e. The van der Waals surface area contributed by atoms with Gasteiger partial charge in [-0.2, -0.15) is 15.1 Å². The summed E-state index contributed by atoms with van der Waals surface area (Å²) in [6, 6.07) is 0.0623. The number of carbonyl (C=O) groups excluding carboxylic acids is 1. The molecule has 1 atom stereocenters. The van der Waals surface area contributed by atoms with Gasteiger partial charge in [0, 0.05) is 31.9 Å². The smallest absolute Gasteiger partial charge is 0.246 e. The van der Waals surface area contributed by atoms with Gasteiger partial charge in [0.15, 0.2) is 0 Å². The molecular formula is C19H25ClN8O. The van der Waals surface area contributed by atoms with Gasteiger partial charge in [-0.15, -0.1) is 0 Å². The average molecular weight is 417 g/mol. The highest BCUT2D eigenvalue weighted by molar-refractivity contribution is 6.36. The third kappa shape index (κ3) is 4.86. The molecule has 4 N–H and O–H groups in total. The van der Waals surface area contributed by atoms with Gasteiger partial charge in [0.05, 0.1) is 22.3 Å². The normalized spacial score (nSPS) is 17.1. The molecule has 2 aromatic rings. The molecule has 0 radical (unpaired) electrons. The van der Waals surface area contributed by atoms with Gasteiger partial charge < -0.3 is 25.9 Å². The molecule has 0 unspecified atom stereocenters. The topological polar surface area (TPSA) is 110 Å². The summed E-state index contributed by atoms with van der Waals surface area (Å²) in [6.07, 6.45) is 7.37. The molecular weight excluding hydrogens is 392 g/mol. The number of nitrogens with one attached hydrogen (secondary N) is 4. The minimum atomic E-state index is -0.0677. The van der Waals surface area contributed by atoms with Crippen LogP contribution >= 0.6 is 11.6 Å². The lowest BCUT2D eigenvalue weighted by Gasteiger charge is -2.17. The number of likely N-dealkylation sites (tertiary alicyclic amines) is 1. The van der Waals surface area contributed by atoms with Crippen LogP contribution in [0, 0.1) is 0 Å². The molecule has 29 heavy (non-hydrogen) atoms. The summed E-state index contributed by atoms with van der Waals surface area (Å²) in [6.45, 7) is 9.40. The summed E-state index contributed by atoms with van der Waals surface area (Å²) in [5.74, 6) is 0.953. The van der Waals surface area contributed by atoms with Gasteiger partial charge in [-0.3, -0.25) is 4.79 Å². The molecule has 0 aliphatic carbocycles. The fourth-order valence-corrected chi connectivity index (χ4v) is 3.30. The molecule has 3 heterocycles. The molecule has 9 nitrogen and oxygen atoms in total. The molecule has 154 valence electrons. The van der Waals surface area contributed by atoms with Crippen molar-refractivity contribution in [2.24, 2.45) is 5.10 Å². The second kappa shape index (κ2) is 9.42. The summed E-state index contributed by atoms with van der Waals surface area (Å²) in [5, 5.41) is 11.9. The molecule has 1 saturated heterocycles. The Balaban J connectivity index is 1.83. The standard InChI is InChI=1S/C19H25ClN8O/c1-4-12(9-23-22-6-3)25-19-26-17-16(14(20)10-21-17)18(27-19)24-13-7-8-28(11-13)15(29)5-2/h4-5,9-10,13,22H,2,6-8,11H2,1,3H3,(H3,21,24,25,26,27)/b12-4+,23-9-/t13-/m1/s1. The molecule has 0 saturated carbocycles. The zero-order chi connectivity index (χ0) is 20.8. The van der Waals surface area contributed by atoms with Crippen molar-refractivity contribution < 1.29 is 4.79 Å². The summed E-state index contributed by atoms with van der Waals surface area (Å²) in [4.78, 5) is 25.8. The maximum atomic E-state index is 11.8. The van der Waals surface area contributed by atoms with Crippen molar-refractivity contribution in [2.45, 2.75) is 26.3 Å². The van der Waals surface area contributed by atoms with Crippen LogP contribution in [0.25, 0.3) is 11.0 Å². The van der Waals surface area contributed by atoms with E-state index < -0.39 is 0 Å². The molecule has 0 bridgehead atoms. The number of H-pyrrole nitrogens is 1. The Morgan fingerprint density at radius 2 is 2.34 bits per heavy atom. The predicted molar refractivity (Wildman–Crippen MR) is 117 cm³/mol. The van der Waals surface area contributed by atoms with Gasteiger partial charge in [0.1, 0.15) is 11.5 Å². The second-order valence-corrected chi connectivity index (χ2v) is 6.92. The highest BCUT2D eigenvalue weighted by Gasteiger charge is 2.26. The number of carbonyl (C=O) groups is 1. The van der Waals surface area contributed by atoms with Crippen molar-refractivity contribution in [1.82, 2.24) is 25.3 Å². The molecule has 1 fully saturated rings. The molecule has 2 aromatic heterocycles. The lowest BCUT2D eigenvalue weighted by Crippen LogP contribution is -2.30. The van der Waals surface area contributed by atoms with Gasteiger partial charge in [0.2, 0.25) is 11.9 Å². The van der Waals surface area contributed by atoms with Gasteiger partial charge >= 0.3 is 0 Å². The van der Waals surface area contributed by atoms with Crippen LogP contribution in [0.1, 0.15) is 20.3 Å². The van der Waals surface area contributed by atoms with Gasteiger partial charge in [-0.1, -0.05) is 24.3 Å². The van der Waals surface area contributed by atoms with E-state index in [0.717, 1.165) is 18.7 Å². The Kier molecular flexibility index (Phi) is 6.71. The van der Waals surface area contributed by atoms with Crippen molar-refractivity contribution in [3.8, 4) is 0 Å². The lowest BCUT2D eigenvalue weighted by atomic mass is 10.2. The number of hydrogen-bond acceptors (Lipinski definition) is 7. The molecule has 0 aromatic carbocycles. The van der Waals surface area contributed by atoms with E-state index in [4.69, 9.17) is 11.6 Å². The first-order valence-electron chi connectivity index (χ1n) is 9.47. The number of rotatable bonds is 8. The number of hydrogen-bond donors (Lipinski definition) is 4. The third-order valence-electron chi connectivity index (χ3n) is 4.52. The van der Waals surface area contributed by atoms with Crippen molar-refractivity contribution in [1.29, 1.82) is 0 Å². The van der Waals surface area contributed by atoms with E-state index in [1.807, 2.05) is 19.9 Å². The van der Waals surface area contributed by atoms with E-state index in [9.17, 15) is 4.79 Å².